The Bertz CT molecular complexity index is 848. The molecule has 0 bridgehead atoms. The highest BCUT2D eigenvalue weighted by molar-refractivity contribution is 6.30. The molecule has 6 heteroatoms. The zero-order chi connectivity index (χ0) is 25.1. The SMILES string of the molecule is CCOC(=O)CCCCCCCCN1CCC(C(O)(c2ccc(Cl)cc2)c2ccc(Cl)cc2)CC1. The van der Waals surface area contributed by atoms with Crippen molar-refractivity contribution < 1.29 is 14.6 Å². The van der Waals surface area contributed by atoms with Crippen molar-refractivity contribution in [3.63, 3.8) is 0 Å². The minimum atomic E-state index is -1.06. The maximum atomic E-state index is 12.1. The lowest BCUT2D eigenvalue weighted by molar-refractivity contribution is -0.143. The van der Waals surface area contributed by atoms with Crippen LogP contribution in [0.4, 0.5) is 0 Å². The molecule has 0 aliphatic carbocycles. The van der Waals surface area contributed by atoms with Crippen LogP contribution in [0, 0.1) is 5.92 Å². The molecule has 0 radical (unpaired) electrons. The molecular formula is C29H39Cl2NO3. The van der Waals surface area contributed by atoms with Gasteiger partial charge in [0, 0.05) is 16.5 Å². The normalized spacial score (nSPS) is 15.3. The van der Waals surface area contributed by atoms with Gasteiger partial charge in [-0.2, -0.15) is 0 Å². The molecule has 0 atom stereocenters. The number of likely N-dealkylation sites (tertiary alicyclic amines) is 1. The van der Waals surface area contributed by atoms with Crippen LogP contribution in [0.25, 0.3) is 0 Å². The van der Waals surface area contributed by atoms with Gasteiger partial charge >= 0.3 is 5.97 Å². The van der Waals surface area contributed by atoms with E-state index in [-0.39, 0.29) is 11.9 Å². The second-order valence-corrected chi connectivity index (χ2v) is 10.4. The average Bonchev–Trinajstić information content (AvgIpc) is 2.86. The predicted molar refractivity (Wildman–Crippen MR) is 144 cm³/mol. The summed E-state index contributed by atoms with van der Waals surface area (Å²) in [6.07, 6.45) is 9.25. The highest BCUT2D eigenvalue weighted by atomic mass is 35.5. The molecule has 1 saturated heterocycles. The Morgan fingerprint density at radius 2 is 1.37 bits per heavy atom. The van der Waals surface area contributed by atoms with E-state index in [1.165, 1.54) is 25.7 Å². The largest absolute Gasteiger partial charge is 0.466 e. The number of rotatable bonds is 13. The summed E-state index contributed by atoms with van der Waals surface area (Å²) in [7, 11) is 0. The first-order chi connectivity index (χ1) is 16.9. The summed E-state index contributed by atoms with van der Waals surface area (Å²) in [5, 5.41) is 13.4. The minimum absolute atomic E-state index is 0.0741. The van der Waals surface area contributed by atoms with Crippen LogP contribution in [0.2, 0.25) is 10.0 Å². The molecule has 192 valence electrons. The maximum absolute atomic E-state index is 12.1. The van der Waals surface area contributed by atoms with E-state index >= 15 is 0 Å². The number of benzene rings is 2. The number of esters is 1. The van der Waals surface area contributed by atoms with E-state index in [0.717, 1.165) is 56.4 Å². The maximum Gasteiger partial charge on any atom is 0.305 e. The number of piperidine rings is 1. The van der Waals surface area contributed by atoms with Gasteiger partial charge in [-0.1, -0.05) is 73.2 Å². The Morgan fingerprint density at radius 3 is 1.89 bits per heavy atom. The van der Waals surface area contributed by atoms with Crippen LogP contribution in [0.15, 0.2) is 48.5 Å². The van der Waals surface area contributed by atoms with Crippen molar-refractivity contribution >= 4 is 29.2 Å². The first-order valence-electron chi connectivity index (χ1n) is 13.1. The summed E-state index contributed by atoms with van der Waals surface area (Å²) in [6.45, 7) is 5.41. The van der Waals surface area contributed by atoms with E-state index in [0.29, 0.717) is 23.1 Å². The van der Waals surface area contributed by atoms with Crippen molar-refractivity contribution in [1.82, 2.24) is 4.90 Å². The molecule has 4 nitrogen and oxygen atoms in total. The lowest BCUT2D eigenvalue weighted by Crippen LogP contribution is -2.44. The van der Waals surface area contributed by atoms with E-state index in [9.17, 15) is 9.90 Å². The van der Waals surface area contributed by atoms with Crippen molar-refractivity contribution in [3.8, 4) is 0 Å². The van der Waals surface area contributed by atoms with Crippen molar-refractivity contribution in [3.05, 3.63) is 69.7 Å². The molecule has 1 aliphatic rings. The standard InChI is InChI=1S/C29H39Cl2NO3/c1-2-35-28(33)9-7-5-3-4-6-8-20-32-21-18-25(19-22-32)29(34,23-10-14-26(30)15-11-23)24-12-16-27(31)17-13-24/h10-17,25,34H,2-9,18-22H2,1H3. The van der Waals surface area contributed by atoms with Crippen molar-refractivity contribution in [1.29, 1.82) is 0 Å². The molecular weight excluding hydrogens is 481 g/mol. The second-order valence-electron chi connectivity index (χ2n) is 9.57. The van der Waals surface area contributed by atoms with Gasteiger partial charge in [-0.3, -0.25) is 4.79 Å². The summed E-state index contributed by atoms with van der Waals surface area (Å²) in [4.78, 5) is 13.9. The summed E-state index contributed by atoms with van der Waals surface area (Å²) in [6, 6.07) is 15.2. The van der Waals surface area contributed by atoms with E-state index in [1.807, 2.05) is 55.5 Å². The second kappa shape index (κ2) is 14.2. The lowest BCUT2D eigenvalue weighted by atomic mass is 9.72. The molecule has 0 aromatic heterocycles. The van der Waals surface area contributed by atoms with Gasteiger partial charge < -0.3 is 14.7 Å². The fourth-order valence-electron chi connectivity index (χ4n) is 5.17. The summed E-state index contributed by atoms with van der Waals surface area (Å²) >= 11 is 12.3. The average molecular weight is 521 g/mol. The highest BCUT2D eigenvalue weighted by Crippen LogP contribution is 2.42. The summed E-state index contributed by atoms with van der Waals surface area (Å²) in [5.41, 5.74) is 0.696. The first-order valence-corrected chi connectivity index (χ1v) is 13.8. The molecule has 0 saturated carbocycles. The lowest BCUT2D eigenvalue weighted by Gasteiger charge is -2.42. The Hall–Kier alpha value is -1.59. The monoisotopic (exact) mass is 519 g/mol. The van der Waals surface area contributed by atoms with E-state index in [1.54, 1.807) is 0 Å². The topological polar surface area (TPSA) is 49.8 Å². The number of unbranched alkanes of at least 4 members (excludes halogenated alkanes) is 5. The van der Waals surface area contributed by atoms with Gasteiger partial charge in [-0.15, -0.1) is 0 Å². The van der Waals surface area contributed by atoms with Crippen LogP contribution in [0.5, 0.6) is 0 Å². The molecule has 0 amide bonds. The Morgan fingerprint density at radius 1 is 0.886 bits per heavy atom. The van der Waals surface area contributed by atoms with Gasteiger partial charge in [0.2, 0.25) is 0 Å². The van der Waals surface area contributed by atoms with Gasteiger partial charge in [0.25, 0.3) is 0 Å². The number of hydrogen-bond acceptors (Lipinski definition) is 4. The third kappa shape index (κ3) is 8.21. The third-order valence-electron chi connectivity index (χ3n) is 7.16. The molecule has 0 spiro atoms. The van der Waals surface area contributed by atoms with E-state index < -0.39 is 5.60 Å². The Labute approximate surface area is 220 Å². The molecule has 1 N–H and O–H groups in total. The number of aliphatic hydroxyl groups is 1. The van der Waals surface area contributed by atoms with Crippen molar-refractivity contribution in [2.75, 3.05) is 26.2 Å². The molecule has 3 rings (SSSR count). The van der Waals surface area contributed by atoms with Crippen LogP contribution < -0.4 is 0 Å². The summed E-state index contributed by atoms with van der Waals surface area (Å²) in [5.74, 6) is 0.0513. The quantitative estimate of drug-likeness (QED) is 0.224. The smallest absolute Gasteiger partial charge is 0.305 e. The summed E-state index contributed by atoms with van der Waals surface area (Å²) < 4.78 is 4.97. The van der Waals surface area contributed by atoms with Crippen LogP contribution in [-0.4, -0.2) is 42.2 Å². The zero-order valence-electron chi connectivity index (χ0n) is 20.9. The van der Waals surface area contributed by atoms with Gasteiger partial charge in [0.05, 0.1) is 6.61 Å². The molecule has 1 fully saturated rings. The molecule has 1 heterocycles. The predicted octanol–water partition coefficient (Wildman–Crippen LogP) is 7.24. The molecule has 2 aromatic carbocycles. The number of halogens is 2. The van der Waals surface area contributed by atoms with E-state index in [2.05, 4.69) is 4.90 Å². The Balaban J connectivity index is 1.45. The highest BCUT2D eigenvalue weighted by Gasteiger charge is 2.41. The van der Waals surface area contributed by atoms with Gasteiger partial charge in [-0.25, -0.2) is 0 Å². The number of nitrogens with zero attached hydrogens (tertiary/aromatic N) is 1. The van der Waals surface area contributed by atoms with Crippen LogP contribution in [0.1, 0.15) is 75.8 Å². The molecule has 2 aromatic rings. The van der Waals surface area contributed by atoms with Crippen LogP contribution in [-0.2, 0) is 15.1 Å². The fraction of sp³-hybridized carbons (Fsp3) is 0.552. The van der Waals surface area contributed by atoms with Crippen molar-refractivity contribution in [2.45, 2.75) is 70.3 Å². The fourth-order valence-corrected chi connectivity index (χ4v) is 5.42. The number of ether oxygens (including phenoxy) is 1. The van der Waals surface area contributed by atoms with Gasteiger partial charge in [0.1, 0.15) is 5.60 Å². The number of hydrogen-bond donors (Lipinski definition) is 1. The minimum Gasteiger partial charge on any atom is -0.466 e. The molecule has 1 aliphatic heterocycles. The van der Waals surface area contributed by atoms with Crippen molar-refractivity contribution in [2.24, 2.45) is 5.92 Å². The molecule has 0 unspecified atom stereocenters. The number of carbonyl (C=O) groups is 1. The van der Waals surface area contributed by atoms with Crippen LogP contribution in [0.3, 0.4) is 0 Å². The van der Waals surface area contributed by atoms with Gasteiger partial charge in [-0.05, 0) is 93.6 Å². The number of carbonyl (C=O) groups excluding carboxylic acids is 1. The Kier molecular flexibility index (Phi) is 11.4. The van der Waals surface area contributed by atoms with Crippen LogP contribution >= 0.6 is 23.2 Å². The van der Waals surface area contributed by atoms with E-state index in [4.69, 9.17) is 27.9 Å². The van der Waals surface area contributed by atoms with Gasteiger partial charge in [0.15, 0.2) is 0 Å². The third-order valence-corrected chi connectivity index (χ3v) is 7.66. The molecule has 35 heavy (non-hydrogen) atoms. The first kappa shape index (κ1) is 28.0. The zero-order valence-corrected chi connectivity index (χ0v) is 22.4.